The van der Waals surface area contributed by atoms with E-state index in [2.05, 4.69) is 12.3 Å². The highest BCUT2D eigenvalue weighted by molar-refractivity contribution is 7.98. The highest BCUT2D eigenvalue weighted by Crippen LogP contribution is 2.36. The predicted octanol–water partition coefficient (Wildman–Crippen LogP) is 2.56. The lowest BCUT2D eigenvalue weighted by Gasteiger charge is -2.19. The van der Waals surface area contributed by atoms with Gasteiger partial charge in [-0.25, -0.2) is 0 Å². The van der Waals surface area contributed by atoms with Crippen molar-refractivity contribution >= 4 is 23.1 Å². The number of fused-ring (bicyclic) bond motifs is 1. The minimum Gasteiger partial charge on any atom is -0.323 e. The van der Waals surface area contributed by atoms with Crippen LogP contribution in [0.25, 0.3) is 0 Å². The molecule has 0 saturated carbocycles. The van der Waals surface area contributed by atoms with Crippen LogP contribution in [0.15, 0.2) is 5.38 Å². The highest BCUT2D eigenvalue weighted by Gasteiger charge is 2.21. The summed E-state index contributed by atoms with van der Waals surface area (Å²) in [6, 6.07) is 0.292. The molecule has 0 aliphatic carbocycles. The Hall–Kier alpha value is 0.01000. The van der Waals surface area contributed by atoms with E-state index in [4.69, 9.17) is 5.73 Å². The first kappa shape index (κ1) is 8.60. The number of aryl methyl sites for hydroxylation is 1. The Morgan fingerprint density at radius 1 is 1.67 bits per heavy atom. The number of nitrogens with two attached hydrogens (primary N) is 1. The van der Waals surface area contributed by atoms with Crippen molar-refractivity contribution in [1.82, 2.24) is 0 Å². The van der Waals surface area contributed by atoms with Gasteiger partial charge in [0.15, 0.2) is 0 Å². The number of rotatable bonds is 1. The summed E-state index contributed by atoms with van der Waals surface area (Å²) >= 11 is 3.83. The first-order valence-electron chi connectivity index (χ1n) is 4.25. The van der Waals surface area contributed by atoms with Gasteiger partial charge in [-0.3, -0.25) is 0 Å². The SMILES string of the molecule is CCc1csc2c1C(N)CSC2. The average Bonchev–Trinajstić information content (AvgIpc) is 2.49. The number of hydrogen-bond donors (Lipinski definition) is 1. The molecule has 1 aromatic heterocycles. The lowest BCUT2D eigenvalue weighted by molar-refractivity contribution is 0.802. The van der Waals surface area contributed by atoms with Gasteiger partial charge in [0.1, 0.15) is 0 Å². The second kappa shape index (κ2) is 3.40. The van der Waals surface area contributed by atoms with E-state index in [1.807, 2.05) is 23.1 Å². The normalized spacial score (nSPS) is 22.3. The predicted molar refractivity (Wildman–Crippen MR) is 56.8 cm³/mol. The Bertz CT molecular complexity index is 267. The van der Waals surface area contributed by atoms with E-state index >= 15 is 0 Å². The summed E-state index contributed by atoms with van der Waals surface area (Å²) in [5, 5.41) is 2.27. The van der Waals surface area contributed by atoms with Gasteiger partial charge in [-0.15, -0.1) is 11.3 Å². The van der Waals surface area contributed by atoms with Crippen LogP contribution >= 0.6 is 23.1 Å². The monoisotopic (exact) mass is 199 g/mol. The molecule has 0 spiro atoms. The molecule has 1 nitrogen and oxygen atoms in total. The zero-order valence-corrected chi connectivity index (χ0v) is 8.80. The molecule has 2 N–H and O–H groups in total. The van der Waals surface area contributed by atoms with Crippen molar-refractivity contribution in [2.24, 2.45) is 5.73 Å². The van der Waals surface area contributed by atoms with Crippen LogP contribution in [-0.2, 0) is 12.2 Å². The second-order valence-electron chi connectivity index (χ2n) is 3.07. The summed E-state index contributed by atoms with van der Waals surface area (Å²) in [5.41, 5.74) is 8.99. The van der Waals surface area contributed by atoms with Crippen LogP contribution in [0.4, 0.5) is 0 Å². The maximum Gasteiger partial charge on any atom is 0.0401 e. The molecule has 12 heavy (non-hydrogen) atoms. The maximum atomic E-state index is 6.05. The van der Waals surface area contributed by atoms with Crippen molar-refractivity contribution in [2.45, 2.75) is 25.1 Å². The van der Waals surface area contributed by atoms with E-state index in [-0.39, 0.29) is 0 Å². The molecular weight excluding hydrogens is 186 g/mol. The standard InChI is InChI=1S/C9H13NS2/c1-2-6-3-12-8-5-11-4-7(10)9(6)8/h3,7H,2,4-5,10H2,1H3. The molecule has 2 rings (SSSR count). The van der Waals surface area contributed by atoms with Gasteiger partial charge < -0.3 is 5.73 Å². The Kier molecular flexibility index (Phi) is 2.44. The van der Waals surface area contributed by atoms with Crippen molar-refractivity contribution in [3.05, 3.63) is 21.4 Å². The largest absolute Gasteiger partial charge is 0.323 e. The Balaban J connectivity index is 2.43. The van der Waals surface area contributed by atoms with Crippen LogP contribution in [-0.4, -0.2) is 5.75 Å². The van der Waals surface area contributed by atoms with Gasteiger partial charge in [0, 0.05) is 22.4 Å². The molecule has 1 unspecified atom stereocenters. The summed E-state index contributed by atoms with van der Waals surface area (Å²) in [6.45, 7) is 2.21. The molecule has 66 valence electrons. The van der Waals surface area contributed by atoms with Gasteiger partial charge in [-0.1, -0.05) is 6.92 Å². The molecular formula is C9H13NS2. The summed E-state index contributed by atoms with van der Waals surface area (Å²) in [7, 11) is 0. The first-order valence-corrected chi connectivity index (χ1v) is 6.28. The zero-order valence-electron chi connectivity index (χ0n) is 7.17. The quantitative estimate of drug-likeness (QED) is 0.752. The molecule has 0 radical (unpaired) electrons. The van der Waals surface area contributed by atoms with Crippen LogP contribution in [0.3, 0.4) is 0 Å². The molecule has 0 fully saturated rings. The lowest BCUT2D eigenvalue weighted by Crippen LogP contribution is -2.18. The average molecular weight is 199 g/mol. The fraction of sp³-hybridized carbons (Fsp3) is 0.556. The number of thioether (sulfide) groups is 1. The van der Waals surface area contributed by atoms with Crippen molar-refractivity contribution in [2.75, 3.05) is 5.75 Å². The first-order chi connectivity index (χ1) is 5.83. The molecule has 0 bridgehead atoms. The third-order valence-electron chi connectivity index (χ3n) is 2.27. The van der Waals surface area contributed by atoms with Crippen molar-refractivity contribution in [1.29, 1.82) is 0 Å². The summed E-state index contributed by atoms with van der Waals surface area (Å²) in [4.78, 5) is 1.51. The third kappa shape index (κ3) is 1.30. The van der Waals surface area contributed by atoms with Crippen molar-refractivity contribution in [3.8, 4) is 0 Å². The molecule has 0 saturated heterocycles. The van der Waals surface area contributed by atoms with Crippen molar-refractivity contribution in [3.63, 3.8) is 0 Å². The second-order valence-corrected chi connectivity index (χ2v) is 5.07. The molecule has 1 aliphatic heterocycles. The van der Waals surface area contributed by atoms with Crippen LogP contribution in [0, 0.1) is 0 Å². The summed E-state index contributed by atoms with van der Waals surface area (Å²) in [6.07, 6.45) is 1.13. The minimum absolute atomic E-state index is 0.292. The van der Waals surface area contributed by atoms with Crippen LogP contribution in [0.5, 0.6) is 0 Å². The third-order valence-corrected chi connectivity index (χ3v) is 4.59. The fourth-order valence-electron chi connectivity index (χ4n) is 1.64. The zero-order chi connectivity index (χ0) is 8.55. The maximum absolute atomic E-state index is 6.05. The Labute approximate surface area is 81.4 Å². The van der Waals surface area contributed by atoms with Gasteiger partial charge in [0.05, 0.1) is 0 Å². The van der Waals surface area contributed by atoms with Crippen LogP contribution in [0.2, 0.25) is 0 Å². The van der Waals surface area contributed by atoms with E-state index in [1.54, 1.807) is 0 Å². The lowest BCUT2D eigenvalue weighted by atomic mass is 10.0. The topological polar surface area (TPSA) is 26.0 Å². The molecule has 2 heterocycles. The smallest absolute Gasteiger partial charge is 0.0401 e. The molecule has 1 atom stereocenters. The van der Waals surface area contributed by atoms with E-state index in [9.17, 15) is 0 Å². The fourth-order valence-corrected chi connectivity index (χ4v) is 4.03. The van der Waals surface area contributed by atoms with Gasteiger partial charge in [0.25, 0.3) is 0 Å². The van der Waals surface area contributed by atoms with E-state index in [0.717, 1.165) is 12.2 Å². The molecule has 1 aliphatic rings. The molecule has 0 aromatic carbocycles. The minimum atomic E-state index is 0.292. The number of hydrogen-bond acceptors (Lipinski definition) is 3. The van der Waals surface area contributed by atoms with Gasteiger partial charge in [-0.05, 0) is 22.9 Å². The van der Waals surface area contributed by atoms with E-state index in [0.29, 0.717) is 6.04 Å². The van der Waals surface area contributed by atoms with Gasteiger partial charge in [0.2, 0.25) is 0 Å². The Morgan fingerprint density at radius 2 is 2.50 bits per heavy atom. The number of thiophene rings is 1. The Morgan fingerprint density at radius 3 is 3.25 bits per heavy atom. The highest BCUT2D eigenvalue weighted by atomic mass is 32.2. The van der Waals surface area contributed by atoms with Gasteiger partial charge in [-0.2, -0.15) is 11.8 Å². The van der Waals surface area contributed by atoms with E-state index < -0.39 is 0 Å². The van der Waals surface area contributed by atoms with Crippen molar-refractivity contribution < 1.29 is 0 Å². The van der Waals surface area contributed by atoms with E-state index in [1.165, 1.54) is 21.8 Å². The van der Waals surface area contributed by atoms with Gasteiger partial charge >= 0.3 is 0 Å². The van der Waals surface area contributed by atoms with Crippen LogP contribution in [0.1, 0.15) is 29.0 Å². The summed E-state index contributed by atoms with van der Waals surface area (Å²) < 4.78 is 0. The molecule has 0 amide bonds. The summed E-state index contributed by atoms with van der Waals surface area (Å²) in [5.74, 6) is 2.27. The molecule has 3 heteroatoms. The molecule has 1 aromatic rings. The van der Waals surface area contributed by atoms with Crippen LogP contribution < -0.4 is 5.73 Å².